The number of hydrogen-bond donors (Lipinski definition) is 0. The summed E-state index contributed by atoms with van der Waals surface area (Å²) in [5, 5.41) is 0.818. The third-order valence-corrected chi connectivity index (χ3v) is 5.42. The first-order chi connectivity index (χ1) is 14.1. The maximum atomic E-state index is 13.2. The molecule has 0 radical (unpaired) electrons. The zero-order chi connectivity index (χ0) is 20.1. The molecule has 5 nitrogen and oxygen atoms in total. The highest BCUT2D eigenvalue weighted by atomic mass is 16.2. The highest BCUT2D eigenvalue weighted by Gasteiger charge is 2.39. The molecule has 0 saturated carbocycles. The quantitative estimate of drug-likeness (QED) is 0.389. The monoisotopic (exact) mass is 380 g/mol. The Morgan fingerprint density at radius 3 is 1.97 bits per heavy atom. The van der Waals surface area contributed by atoms with Gasteiger partial charge in [-0.05, 0) is 18.2 Å². The SMILES string of the molecule is Cn1c(-c2ccc(C=O)cc2)c(N2C(=O)c3ccccc3C2=O)c2ccccc21. The Labute approximate surface area is 166 Å². The highest BCUT2D eigenvalue weighted by Crippen LogP contribution is 2.42. The molecule has 1 aromatic heterocycles. The lowest BCUT2D eigenvalue weighted by molar-refractivity contribution is 0.0926. The largest absolute Gasteiger partial charge is 0.342 e. The van der Waals surface area contributed by atoms with Crippen LogP contribution in [0.2, 0.25) is 0 Å². The number of rotatable bonds is 3. The van der Waals surface area contributed by atoms with Gasteiger partial charge in [-0.25, -0.2) is 4.90 Å². The smallest absolute Gasteiger partial charge is 0.266 e. The molecule has 29 heavy (non-hydrogen) atoms. The fourth-order valence-electron chi connectivity index (χ4n) is 4.04. The first kappa shape index (κ1) is 17.1. The maximum absolute atomic E-state index is 13.2. The molecule has 0 atom stereocenters. The van der Waals surface area contributed by atoms with Gasteiger partial charge in [-0.3, -0.25) is 14.4 Å². The van der Waals surface area contributed by atoms with Gasteiger partial charge >= 0.3 is 0 Å². The van der Waals surface area contributed by atoms with Crippen LogP contribution in [-0.4, -0.2) is 22.7 Å². The third-order valence-electron chi connectivity index (χ3n) is 5.42. The summed E-state index contributed by atoms with van der Waals surface area (Å²) in [5.41, 5.74) is 4.43. The van der Waals surface area contributed by atoms with Crippen LogP contribution in [0.25, 0.3) is 22.2 Å². The normalized spacial score (nSPS) is 13.2. The standard InChI is InChI=1S/C24H16N2O3/c1-25-20-9-5-4-8-19(20)22(21(25)16-12-10-15(14-27)11-13-16)26-23(28)17-6-2-3-7-18(17)24(26)29/h2-14H,1H3. The van der Waals surface area contributed by atoms with E-state index in [0.29, 0.717) is 22.4 Å². The third kappa shape index (κ3) is 2.37. The number of carbonyl (C=O) groups excluding carboxylic acids is 3. The summed E-state index contributed by atoms with van der Waals surface area (Å²) in [5.74, 6) is -0.652. The van der Waals surface area contributed by atoms with Crippen molar-refractivity contribution in [2.75, 3.05) is 4.90 Å². The van der Waals surface area contributed by atoms with Crippen molar-refractivity contribution in [1.82, 2.24) is 4.57 Å². The summed E-state index contributed by atoms with van der Waals surface area (Å²) < 4.78 is 1.98. The molecule has 5 heteroatoms. The average molecular weight is 380 g/mol. The Kier molecular flexibility index (Phi) is 3.71. The first-order valence-corrected chi connectivity index (χ1v) is 9.22. The second-order valence-electron chi connectivity index (χ2n) is 7.00. The van der Waals surface area contributed by atoms with Crippen molar-refractivity contribution >= 4 is 34.7 Å². The molecular weight excluding hydrogens is 364 g/mol. The number of imide groups is 1. The molecule has 1 aliphatic rings. The van der Waals surface area contributed by atoms with Crippen molar-refractivity contribution in [1.29, 1.82) is 0 Å². The Morgan fingerprint density at radius 1 is 0.759 bits per heavy atom. The van der Waals surface area contributed by atoms with E-state index in [1.165, 1.54) is 4.90 Å². The second-order valence-corrected chi connectivity index (χ2v) is 7.00. The molecule has 0 N–H and O–H groups in total. The van der Waals surface area contributed by atoms with Crippen LogP contribution in [-0.2, 0) is 7.05 Å². The zero-order valence-electron chi connectivity index (χ0n) is 15.6. The summed E-state index contributed by atoms with van der Waals surface area (Å²) in [7, 11) is 1.91. The second kappa shape index (κ2) is 6.27. The Balaban J connectivity index is 1.81. The van der Waals surface area contributed by atoms with Gasteiger partial charge in [0, 0.05) is 23.6 Å². The van der Waals surface area contributed by atoms with Crippen LogP contribution in [0.15, 0.2) is 72.8 Å². The van der Waals surface area contributed by atoms with Crippen molar-refractivity contribution < 1.29 is 14.4 Å². The number of anilines is 1. The number of aromatic nitrogens is 1. The van der Waals surface area contributed by atoms with Gasteiger partial charge in [-0.2, -0.15) is 0 Å². The van der Waals surface area contributed by atoms with Crippen molar-refractivity contribution in [3.63, 3.8) is 0 Å². The molecule has 0 fully saturated rings. The van der Waals surface area contributed by atoms with Gasteiger partial charge in [0.2, 0.25) is 0 Å². The Bertz CT molecular complexity index is 1280. The van der Waals surface area contributed by atoms with Crippen LogP contribution >= 0.6 is 0 Å². The van der Waals surface area contributed by atoms with Crippen LogP contribution in [0.3, 0.4) is 0 Å². The van der Waals surface area contributed by atoms with Crippen LogP contribution in [0.5, 0.6) is 0 Å². The number of benzene rings is 3. The first-order valence-electron chi connectivity index (χ1n) is 9.22. The van der Waals surface area contributed by atoms with E-state index in [4.69, 9.17) is 0 Å². The minimum absolute atomic E-state index is 0.326. The predicted octanol–water partition coefficient (Wildman–Crippen LogP) is 4.46. The minimum atomic E-state index is -0.326. The lowest BCUT2D eigenvalue weighted by atomic mass is 10.1. The number of carbonyl (C=O) groups is 3. The summed E-state index contributed by atoms with van der Waals surface area (Å²) in [6, 6.07) is 21.7. The number of nitrogens with zero attached hydrogens (tertiary/aromatic N) is 2. The number of aldehydes is 1. The van der Waals surface area contributed by atoms with E-state index in [-0.39, 0.29) is 11.8 Å². The van der Waals surface area contributed by atoms with Crippen molar-refractivity contribution in [3.05, 3.63) is 89.5 Å². The number of aryl methyl sites for hydroxylation is 1. The van der Waals surface area contributed by atoms with E-state index >= 15 is 0 Å². The number of amides is 2. The topological polar surface area (TPSA) is 59.4 Å². The van der Waals surface area contributed by atoms with Gasteiger partial charge in [0.25, 0.3) is 11.8 Å². The van der Waals surface area contributed by atoms with Gasteiger partial charge in [0.15, 0.2) is 0 Å². The highest BCUT2D eigenvalue weighted by molar-refractivity contribution is 6.37. The van der Waals surface area contributed by atoms with Gasteiger partial charge in [-0.15, -0.1) is 0 Å². The maximum Gasteiger partial charge on any atom is 0.266 e. The molecule has 140 valence electrons. The molecule has 1 aliphatic heterocycles. The summed E-state index contributed by atoms with van der Waals surface area (Å²) in [6.45, 7) is 0. The Morgan fingerprint density at radius 2 is 1.34 bits per heavy atom. The van der Waals surface area contributed by atoms with E-state index in [2.05, 4.69) is 0 Å². The molecule has 0 saturated heterocycles. The lowest BCUT2D eigenvalue weighted by Gasteiger charge is -2.17. The fourth-order valence-corrected chi connectivity index (χ4v) is 4.04. The summed E-state index contributed by atoms with van der Waals surface area (Å²) >= 11 is 0. The minimum Gasteiger partial charge on any atom is -0.342 e. The number of fused-ring (bicyclic) bond motifs is 2. The van der Waals surface area contributed by atoms with Crippen molar-refractivity contribution in [2.24, 2.45) is 7.05 Å². The molecule has 4 aromatic rings. The van der Waals surface area contributed by atoms with Crippen LogP contribution in [0.4, 0.5) is 5.69 Å². The van der Waals surface area contributed by atoms with E-state index in [1.807, 2.05) is 48.0 Å². The van der Waals surface area contributed by atoms with Crippen LogP contribution < -0.4 is 4.90 Å². The summed E-state index contributed by atoms with van der Waals surface area (Å²) in [4.78, 5) is 38.7. The van der Waals surface area contributed by atoms with E-state index < -0.39 is 0 Å². The zero-order valence-corrected chi connectivity index (χ0v) is 15.6. The molecule has 0 bridgehead atoms. The molecule has 0 aliphatic carbocycles. The number of para-hydroxylation sites is 1. The van der Waals surface area contributed by atoms with Gasteiger partial charge in [0.05, 0.1) is 28.0 Å². The van der Waals surface area contributed by atoms with Crippen LogP contribution in [0.1, 0.15) is 31.1 Å². The van der Waals surface area contributed by atoms with Gasteiger partial charge < -0.3 is 4.57 Å². The molecule has 3 aromatic carbocycles. The van der Waals surface area contributed by atoms with E-state index in [0.717, 1.165) is 28.4 Å². The Hall–Kier alpha value is -3.99. The van der Waals surface area contributed by atoms with Crippen LogP contribution in [0, 0.1) is 0 Å². The lowest BCUT2D eigenvalue weighted by Crippen LogP contribution is -2.29. The van der Waals surface area contributed by atoms with E-state index in [1.54, 1.807) is 36.4 Å². The van der Waals surface area contributed by atoms with Gasteiger partial charge in [-0.1, -0.05) is 54.6 Å². The van der Waals surface area contributed by atoms with Crippen molar-refractivity contribution in [2.45, 2.75) is 0 Å². The molecular formula is C24H16N2O3. The molecule has 0 spiro atoms. The molecule has 2 amide bonds. The fraction of sp³-hybridized carbons (Fsp3) is 0.0417. The molecule has 5 rings (SSSR count). The van der Waals surface area contributed by atoms with Crippen molar-refractivity contribution in [3.8, 4) is 11.3 Å². The molecule has 0 unspecified atom stereocenters. The molecule has 2 heterocycles. The predicted molar refractivity (Wildman–Crippen MR) is 111 cm³/mol. The summed E-state index contributed by atoms with van der Waals surface area (Å²) in [6.07, 6.45) is 0.788. The number of hydrogen-bond acceptors (Lipinski definition) is 3. The van der Waals surface area contributed by atoms with Gasteiger partial charge in [0.1, 0.15) is 6.29 Å². The van der Waals surface area contributed by atoms with E-state index in [9.17, 15) is 14.4 Å². The average Bonchev–Trinajstić information content (AvgIpc) is 3.19.